The van der Waals surface area contributed by atoms with E-state index in [1.165, 1.54) is 6.07 Å². The first kappa shape index (κ1) is 13.6. The smallest absolute Gasteiger partial charge is 0.140 e. The minimum absolute atomic E-state index is 0.0332. The maximum absolute atomic E-state index is 9.73. The van der Waals surface area contributed by atoms with Crippen LogP contribution in [0, 0.1) is 0 Å². The molecule has 0 radical (unpaired) electrons. The van der Waals surface area contributed by atoms with E-state index in [-0.39, 0.29) is 5.75 Å². The van der Waals surface area contributed by atoms with E-state index in [0.29, 0.717) is 24.2 Å². The summed E-state index contributed by atoms with van der Waals surface area (Å²) in [5.41, 5.74) is 0.959. The lowest BCUT2D eigenvalue weighted by Gasteiger charge is -2.20. The zero-order valence-electron chi connectivity index (χ0n) is 10.1. The van der Waals surface area contributed by atoms with Crippen LogP contribution >= 0.6 is 0 Å². The van der Waals surface area contributed by atoms with Gasteiger partial charge in [0, 0.05) is 0 Å². The van der Waals surface area contributed by atoms with Crippen LogP contribution in [0.15, 0.2) is 18.2 Å². The first-order chi connectivity index (χ1) is 8.08. The highest BCUT2D eigenvalue weighted by atomic mass is 16.3. The zero-order chi connectivity index (χ0) is 12.8. The molecule has 0 aromatic heterocycles. The monoisotopic (exact) mass is 240 g/mol. The molecule has 1 aromatic carbocycles. The van der Waals surface area contributed by atoms with Crippen molar-refractivity contribution in [1.82, 2.24) is 0 Å². The summed E-state index contributed by atoms with van der Waals surface area (Å²) in [6, 6.07) is 4.92. The Morgan fingerprint density at radius 3 is 2.24 bits per heavy atom. The zero-order valence-corrected chi connectivity index (χ0v) is 10.1. The van der Waals surface area contributed by atoms with Gasteiger partial charge in [-0.05, 0) is 25.0 Å². The predicted octanol–water partition coefficient (Wildman–Crippen LogP) is 1.67. The van der Waals surface area contributed by atoms with Crippen molar-refractivity contribution in [2.24, 2.45) is 0 Å². The number of phenols is 1. The molecular formula is C12H20N2O3. The number of aliphatic hydroxyl groups excluding tert-OH is 2. The summed E-state index contributed by atoms with van der Waals surface area (Å²) >= 11 is 0. The lowest BCUT2D eigenvalue weighted by Crippen LogP contribution is -2.21. The fraction of sp³-hybridized carbons (Fsp3) is 0.500. The topological polar surface area (TPSA) is 84.8 Å². The van der Waals surface area contributed by atoms with Gasteiger partial charge in [0.25, 0.3) is 0 Å². The van der Waals surface area contributed by atoms with E-state index >= 15 is 0 Å². The van der Waals surface area contributed by atoms with Crippen LogP contribution in [-0.4, -0.2) is 27.8 Å². The number of benzene rings is 1. The highest BCUT2D eigenvalue weighted by molar-refractivity contribution is 5.75. The highest BCUT2D eigenvalue weighted by Crippen LogP contribution is 2.32. The van der Waals surface area contributed by atoms with Gasteiger partial charge in [0.15, 0.2) is 0 Å². The maximum Gasteiger partial charge on any atom is 0.140 e. The molecule has 2 atom stereocenters. The second kappa shape index (κ2) is 6.32. The van der Waals surface area contributed by atoms with Crippen LogP contribution in [0.5, 0.6) is 5.75 Å². The molecule has 0 amide bonds. The Hall–Kier alpha value is -1.46. The molecule has 0 aliphatic rings. The third kappa shape index (κ3) is 3.80. The highest BCUT2D eigenvalue weighted by Gasteiger charge is 2.12. The Morgan fingerprint density at radius 2 is 1.65 bits per heavy atom. The molecule has 0 aliphatic heterocycles. The molecule has 0 heterocycles. The van der Waals surface area contributed by atoms with Crippen molar-refractivity contribution in [2.75, 3.05) is 10.6 Å². The van der Waals surface area contributed by atoms with Gasteiger partial charge in [0.2, 0.25) is 0 Å². The second-order valence-electron chi connectivity index (χ2n) is 3.84. The summed E-state index contributed by atoms with van der Waals surface area (Å²) in [6.45, 7) is 3.67. The molecule has 5 nitrogen and oxygen atoms in total. The summed E-state index contributed by atoms with van der Waals surface area (Å²) < 4.78 is 0. The Kier molecular flexibility index (Phi) is 5.06. The molecule has 5 N–H and O–H groups in total. The largest absolute Gasteiger partial charge is 0.506 e. The molecular weight excluding hydrogens is 220 g/mol. The number of aromatic hydroxyl groups is 1. The van der Waals surface area contributed by atoms with Gasteiger partial charge in [0.1, 0.15) is 23.9 Å². The van der Waals surface area contributed by atoms with Gasteiger partial charge < -0.3 is 26.0 Å². The van der Waals surface area contributed by atoms with Gasteiger partial charge in [-0.3, -0.25) is 0 Å². The van der Waals surface area contributed by atoms with Crippen LogP contribution in [0.1, 0.15) is 26.7 Å². The van der Waals surface area contributed by atoms with Gasteiger partial charge in [-0.25, -0.2) is 0 Å². The van der Waals surface area contributed by atoms with Crippen LogP contribution in [0.25, 0.3) is 0 Å². The lowest BCUT2D eigenvalue weighted by molar-refractivity contribution is 0.196. The molecule has 2 unspecified atom stereocenters. The molecule has 17 heavy (non-hydrogen) atoms. The molecule has 5 heteroatoms. The minimum atomic E-state index is -0.734. The number of rotatable bonds is 6. The number of phenolic OH excluding ortho intramolecular Hbond substituents is 1. The summed E-state index contributed by atoms with van der Waals surface area (Å²) in [7, 11) is 0. The first-order valence-corrected chi connectivity index (χ1v) is 5.79. The van der Waals surface area contributed by atoms with Gasteiger partial charge in [-0.1, -0.05) is 19.9 Å². The molecule has 0 fully saturated rings. The van der Waals surface area contributed by atoms with Crippen molar-refractivity contribution < 1.29 is 15.3 Å². The number of hydrogen-bond acceptors (Lipinski definition) is 5. The standard InChI is InChI=1S/C12H20N2O3/c1-3-10(16)13-8-6-5-7-9(15)12(8)14-11(17)4-2/h5-7,10-11,13-17H,3-4H2,1-2H3. The Balaban J connectivity index is 2.91. The van der Waals surface area contributed by atoms with Crippen LogP contribution in [-0.2, 0) is 0 Å². The fourth-order valence-electron chi connectivity index (χ4n) is 1.36. The van der Waals surface area contributed by atoms with Crippen molar-refractivity contribution >= 4 is 11.4 Å². The Labute approximate surface area is 101 Å². The number of hydrogen-bond donors (Lipinski definition) is 5. The molecule has 0 saturated heterocycles. The van der Waals surface area contributed by atoms with Crippen molar-refractivity contribution in [2.45, 2.75) is 39.1 Å². The van der Waals surface area contributed by atoms with Crippen molar-refractivity contribution in [3.8, 4) is 5.75 Å². The van der Waals surface area contributed by atoms with E-state index < -0.39 is 12.5 Å². The third-order valence-corrected chi connectivity index (χ3v) is 2.45. The average molecular weight is 240 g/mol. The van der Waals surface area contributed by atoms with Gasteiger partial charge in [-0.2, -0.15) is 0 Å². The minimum Gasteiger partial charge on any atom is -0.506 e. The second-order valence-corrected chi connectivity index (χ2v) is 3.84. The number of anilines is 2. The fourth-order valence-corrected chi connectivity index (χ4v) is 1.36. The lowest BCUT2D eigenvalue weighted by atomic mass is 10.2. The van der Waals surface area contributed by atoms with E-state index in [9.17, 15) is 15.3 Å². The Morgan fingerprint density at radius 1 is 1.06 bits per heavy atom. The summed E-state index contributed by atoms with van der Waals surface area (Å²) in [5, 5.41) is 34.4. The summed E-state index contributed by atoms with van der Waals surface area (Å²) in [6.07, 6.45) is -0.353. The van der Waals surface area contributed by atoms with Gasteiger partial charge in [-0.15, -0.1) is 0 Å². The van der Waals surface area contributed by atoms with E-state index in [2.05, 4.69) is 10.6 Å². The van der Waals surface area contributed by atoms with Crippen molar-refractivity contribution in [3.63, 3.8) is 0 Å². The van der Waals surface area contributed by atoms with Crippen LogP contribution in [0.4, 0.5) is 11.4 Å². The average Bonchev–Trinajstić information content (AvgIpc) is 2.33. The molecule has 1 aromatic rings. The van der Waals surface area contributed by atoms with Crippen molar-refractivity contribution in [3.05, 3.63) is 18.2 Å². The summed E-state index contributed by atoms with van der Waals surface area (Å²) in [5.74, 6) is 0.0332. The third-order valence-electron chi connectivity index (χ3n) is 2.45. The molecule has 0 bridgehead atoms. The van der Waals surface area contributed by atoms with Crippen LogP contribution in [0.2, 0.25) is 0 Å². The number of para-hydroxylation sites is 1. The molecule has 0 aliphatic carbocycles. The van der Waals surface area contributed by atoms with E-state index in [0.717, 1.165) is 0 Å². The normalized spacial score (nSPS) is 14.1. The Bertz CT molecular complexity index is 358. The number of aliphatic hydroxyl groups is 2. The molecule has 0 saturated carbocycles. The quantitative estimate of drug-likeness (QED) is 0.386. The maximum atomic E-state index is 9.73. The summed E-state index contributed by atoms with van der Waals surface area (Å²) in [4.78, 5) is 0. The SMILES string of the molecule is CCC(O)Nc1cccc(O)c1NC(O)CC. The van der Waals surface area contributed by atoms with Crippen LogP contribution in [0.3, 0.4) is 0 Å². The number of nitrogens with one attached hydrogen (secondary N) is 2. The predicted molar refractivity (Wildman–Crippen MR) is 67.9 cm³/mol. The van der Waals surface area contributed by atoms with E-state index in [1.807, 2.05) is 13.8 Å². The first-order valence-electron chi connectivity index (χ1n) is 5.79. The van der Waals surface area contributed by atoms with Gasteiger partial charge in [0.05, 0.1) is 5.69 Å². The van der Waals surface area contributed by atoms with Gasteiger partial charge >= 0.3 is 0 Å². The molecule has 0 spiro atoms. The molecule has 1 rings (SSSR count). The van der Waals surface area contributed by atoms with Crippen molar-refractivity contribution in [1.29, 1.82) is 0 Å². The van der Waals surface area contributed by atoms with Crippen LogP contribution < -0.4 is 10.6 Å². The van der Waals surface area contributed by atoms with E-state index in [1.54, 1.807) is 12.1 Å². The molecule has 96 valence electrons. The van der Waals surface area contributed by atoms with E-state index in [4.69, 9.17) is 0 Å².